The van der Waals surface area contributed by atoms with Crippen molar-refractivity contribution in [1.82, 2.24) is 5.32 Å². The third-order valence-electron chi connectivity index (χ3n) is 3.23. The molecule has 0 aliphatic carbocycles. The summed E-state index contributed by atoms with van der Waals surface area (Å²) in [5.41, 5.74) is 0. The Kier molecular flexibility index (Phi) is 6.27. The summed E-state index contributed by atoms with van der Waals surface area (Å²) >= 11 is 1.51. The molecule has 0 aliphatic heterocycles. The van der Waals surface area contributed by atoms with Gasteiger partial charge in [-0.05, 0) is 35.7 Å². The number of carbonyl (C=O) groups is 2. The van der Waals surface area contributed by atoms with E-state index >= 15 is 0 Å². The minimum absolute atomic E-state index is 0.0199. The summed E-state index contributed by atoms with van der Waals surface area (Å²) in [6, 6.07) is 14.3. The van der Waals surface area contributed by atoms with E-state index in [0.717, 1.165) is 4.90 Å². The fourth-order valence-corrected chi connectivity index (χ4v) is 2.86. The molecular formula is C17H19NO3S. The van der Waals surface area contributed by atoms with Gasteiger partial charge in [-0.2, -0.15) is 0 Å². The van der Waals surface area contributed by atoms with Crippen molar-refractivity contribution in [3.8, 4) is 0 Å². The summed E-state index contributed by atoms with van der Waals surface area (Å²) in [6.45, 7) is 0.532. The largest absolute Gasteiger partial charge is 0.481 e. The summed E-state index contributed by atoms with van der Waals surface area (Å²) in [4.78, 5) is 23.2. The van der Waals surface area contributed by atoms with E-state index in [0.29, 0.717) is 25.1 Å². The van der Waals surface area contributed by atoms with Gasteiger partial charge in [0.2, 0.25) is 5.91 Å². The first-order valence-electron chi connectivity index (χ1n) is 7.25. The first-order valence-corrected chi connectivity index (χ1v) is 8.24. The van der Waals surface area contributed by atoms with Crippen molar-refractivity contribution in [1.29, 1.82) is 0 Å². The van der Waals surface area contributed by atoms with E-state index in [4.69, 9.17) is 5.11 Å². The van der Waals surface area contributed by atoms with E-state index < -0.39 is 5.97 Å². The molecule has 22 heavy (non-hydrogen) atoms. The fourth-order valence-electron chi connectivity index (χ4n) is 2.09. The molecule has 0 radical (unpaired) electrons. The number of hydrogen-bond donors (Lipinski definition) is 2. The molecule has 5 heteroatoms. The Morgan fingerprint density at radius 3 is 2.59 bits per heavy atom. The molecule has 0 bridgehead atoms. The van der Waals surface area contributed by atoms with Gasteiger partial charge < -0.3 is 10.4 Å². The molecule has 0 aliphatic rings. The minimum atomic E-state index is -0.793. The lowest BCUT2D eigenvalue weighted by Crippen LogP contribution is -2.26. The molecule has 0 spiro atoms. The third kappa shape index (κ3) is 5.41. The zero-order valence-electron chi connectivity index (χ0n) is 12.2. The fraction of sp³-hybridized carbons (Fsp3) is 0.294. The first kappa shape index (κ1) is 16.4. The molecule has 0 unspecified atom stereocenters. The van der Waals surface area contributed by atoms with Crippen LogP contribution in [-0.4, -0.2) is 29.3 Å². The average Bonchev–Trinajstić information content (AvgIpc) is 2.52. The Hall–Kier alpha value is -2.01. The number of carboxylic acid groups (broad SMARTS) is 1. The molecule has 0 saturated heterocycles. The van der Waals surface area contributed by atoms with Gasteiger partial charge in [0.25, 0.3) is 0 Å². The zero-order chi connectivity index (χ0) is 15.8. The molecule has 0 fully saturated rings. The van der Waals surface area contributed by atoms with Crippen LogP contribution in [0, 0.1) is 0 Å². The normalized spacial score (nSPS) is 10.5. The highest BCUT2D eigenvalue weighted by atomic mass is 32.2. The predicted molar refractivity (Wildman–Crippen MR) is 89.2 cm³/mol. The molecular weight excluding hydrogens is 298 g/mol. The van der Waals surface area contributed by atoms with Crippen LogP contribution in [-0.2, 0) is 9.59 Å². The highest BCUT2D eigenvalue weighted by Gasteiger charge is 2.04. The summed E-state index contributed by atoms with van der Waals surface area (Å²) in [7, 11) is 0. The van der Waals surface area contributed by atoms with Crippen LogP contribution in [0.4, 0.5) is 0 Å². The van der Waals surface area contributed by atoms with Crippen LogP contribution < -0.4 is 5.32 Å². The molecule has 2 aromatic carbocycles. The number of unbranched alkanes of at least 4 members (excludes halogenated alkanes) is 1. The molecule has 0 heterocycles. The number of carboxylic acids is 1. The van der Waals surface area contributed by atoms with Crippen LogP contribution in [0.15, 0.2) is 47.4 Å². The van der Waals surface area contributed by atoms with Gasteiger partial charge in [0.05, 0.1) is 5.75 Å². The second-order valence-electron chi connectivity index (χ2n) is 5.00. The van der Waals surface area contributed by atoms with Gasteiger partial charge in [-0.15, -0.1) is 11.8 Å². The number of rotatable bonds is 8. The Morgan fingerprint density at radius 1 is 1.05 bits per heavy atom. The number of benzene rings is 2. The van der Waals surface area contributed by atoms with Gasteiger partial charge in [-0.25, -0.2) is 0 Å². The minimum Gasteiger partial charge on any atom is -0.481 e. The Labute approximate surface area is 133 Å². The van der Waals surface area contributed by atoms with Crippen LogP contribution in [0.25, 0.3) is 10.8 Å². The number of carbonyl (C=O) groups excluding carboxylic acids is 1. The van der Waals surface area contributed by atoms with Crippen LogP contribution in [0.3, 0.4) is 0 Å². The SMILES string of the molecule is O=C(O)CCCCNC(=O)CSc1ccc2ccccc2c1. The standard InChI is InChI=1S/C17H19NO3S/c19-16(18-10-4-3-7-17(20)21)12-22-15-9-8-13-5-1-2-6-14(13)11-15/h1-2,5-6,8-9,11H,3-4,7,10,12H2,(H,18,19)(H,20,21). The molecule has 0 atom stereocenters. The molecule has 1 amide bonds. The van der Waals surface area contributed by atoms with Gasteiger partial charge in [-0.1, -0.05) is 30.3 Å². The zero-order valence-corrected chi connectivity index (χ0v) is 13.1. The van der Waals surface area contributed by atoms with Gasteiger partial charge in [0.1, 0.15) is 0 Å². The molecule has 0 aromatic heterocycles. The first-order chi connectivity index (χ1) is 10.6. The van der Waals surface area contributed by atoms with E-state index in [9.17, 15) is 9.59 Å². The topological polar surface area (TPSA) is 66.4 Å². The monoisotopic (exact) mass is 317 g/mol. The van der Waals surface area contributed by atoms with Crippen molar-refractivity contribution in [2.45, 2.75) is 24.2 Å². The van der Waals surface area contributed by atoms with Gasteiger partial charge in [-0.3, -0.25) is 9.59 Å². The summed E-state index contributed by atoms with van der Waals surface area (Å²) < 4.78 is 0. The molecule has 2 aromatic rings. The lowest BCUT2D eigenvalue weighted by atomic mass is 10.1. The van der Waals surface area contributed by atoms with Gasteiger partial charge in [0.15, 0.2) is 0 Å². The maximum absolute atomic E-state index is 11.7. The second-order valence-corrected chi connectivity index (χ2v) is 6.05. The maximum Gasteiger partial charge on any atom is 0.303 e. The Balaban J connectivity index is 1.72. The van der Waals surface area contributed by atoms with E-state index in [1.165, 1.54) is 22.5 Å². The van der Waals surface area contributed by atoms with E-state index in [2.05, 4.69) is 29.6 Å². The number of thioether (sulfide) groups is 1. The average molecular weight is 317 g/mol. The Bertz CT molecular complexity index is 657. The van der Waals surface area contributed by atoms with E-state index in [1.807, 2.05) is 18.2 Å². The van der Waals surface area contributed by atoms with Crippen molar-refractivity contribution in [2.24, 2.45) is 0 Å². The van der Waals surface area contributed by atoms with Crippen molar-refractivity contribution >= 4 is 34.4 Å². The number of aliphatic carboxylic acids is 1. The van der Waals surface area contributed by atoms with Crippen molar-refractivity contribution in [3.63, 3.8) is 0 Å². The van der Waals surface area contributed by atoms with Gasteiger partial charge in [0, 0.05) is 17.9 Å². The Morgan fingerprint density at radius 2 is 1.82 bits per heavy atom. The lowest BCUT2D eigenvalue weighted by molar-refractivity contribution is -0.137. The number of fused-ring (bicyclic) bond motifs is 1. The second kappa shape index (κ2) is 8.44. The third-order valence-corrected chi connectivity index (χ3v) is 4.22. The molecule has 2 N–H and O–H groups in total. The number of nitrogens with one attached hydrogen (secondary N) is 1. The molecule has 4 nitrogen and oxygen atoms in total. The number of amides is 1. The highest BCUT2D eigenvalue weighted by Crippen LogP contribution is 2.23. The van der Waals surface area contributed by atoms with Crippen LogP contribution in [0.5, 0.6) is 0 Å². The number of hydrogen-bond acceptors (Lipinski definition) is 3. The molecule has 0 saturated carbocycles. The molecule has 116 valence electrons. The quantitative estimate of drug-likeness (QED) is 0.579. The van der Waals surface area contributed by atoms with E-state index in [1.54, 1.807) is 0 Å². The van der Waals surface area contributed by atoms with Crippen LogP contribution in [0.1, 0.15) is 19.3 Å². The van der Waals surface area contributed by atoms with Crippen molar-refractivity contribution in [3.05, 3.63) is 42.5 Å². The van der Waals surface area contributed by atoms with Gasteiger partial charge >= 0.3 is 5.97 Å². The lowest BCUT2D eigenvalue weighted by Gasteiger charge is -2.05. The van der Waals surface area contributed by atoms with Crippen molar-refractivity contribution in [2.75, 3.05) is 12.3 Å². The summed E-state index contributed by atoms with van der Waals surface area (Å²) in [6.07, 6.45) is 1.44. The maximum atomic E-state index is 11.7. The summed E-state index contributed by atoms with van der Waals surface area (Å²) in [5.74, 6) is -0.441. The van der Waals surface area contributed by atoms with Crippen LogP contribution >= 0.6 is 11.8 Å². The summed E-state index contributed by atoms with van der Waals surface area (Å²) in [5, 5.41) is 13.7. The van der Waals surface area contributed by atoms with Crippen LogP contribution in [0.2, 0.25) is 0 Å². The van der Waals surface area contributed by atoms with E-state index in [-0.39, 0.29) is 12.3 Å². The predicted octanol–water partition coefficient (Wildman–Crippen LogP) is 3.30. The highest BCUT2D eigenvalue weighted by molar-refractivity contribution is 8.00. The van der Waals surface area contributed by atoms with Crippen molar-refractivity contribution < 1.29 is 14.7 Å². The molecule has 2 rings (SSSR count). The smallest absolute Gasteiger partial charge is 0.303 e.